The SMILES string of the molecule is CCn1cnc2c(F)c(C)ccc21. The minimum Gasteiger partial charge on any atom is -0.331 e. The van der Waals surface area contributed by atoms with E-state index in [1.54, 1.807) is 19.3 Å². The number of imidazole rings is 1. The lowest BCUT2D eigenvalue weighted by Crippen LogP contribution is -1.91. The van der Waals surface area contributed by atoms with Gasteiger partial charge in [0.15, 0.2) is 5.82 Å². The molecule has 0 atom stereocenters. The molecule has 68 valence electrons. The molecule has 1 aromatic carbocycles. The Morgan fingerprint density at radius 2 is 2.23 bits per heavy atom. The molecule has 0 aliphatic rings. The highest BCUT2D eigenvalue weighted by molar-refractivity contribution is 5.76. The Labute approximate surface area is 76.0 Å². The molecule has 2 nitrogen and oxygen atoms in total. The van der Waals surface area contributed by atoms with Gasteiger partial charge in [-0.05, 0) is 25.5 Å². The Bertz CT molecular complexity index is 445. The van der Waals surface area contributed by atoms with Crippen LogP contribution in [0.25, 0.3) is 11.0 Å². The van der Waals surface area contributed by atoms with Crippen LogP contribution in [0.3, 0.4) is 0 Å². The zero-order valence-electron chi connectivity index (χ0n) is 7.71. The van der Waals surface area contributed by atoms with Gasteiger partial charge in [-0.25, -0.2) is 9.37 Å². The lowest BCUT2D eigenvalue weighted by Gasteiger charge is -2.00. The maximum absolute atomic E-state index is 13.5. The molecule has 0 amide bonds. The highest BCUT2D eigenvalue weighted by atomic mass is 19.1. The summed E-state index contributed by atoms with van der Waals surface area (Å²) >= 11 is 0. The number of hydrogen-bond acceptors (Lipinski definition) is 1. The summed E-state index contributed by atoms with van der Waals surface area (Å²) in [6, 6.07) is 3.69. The second-order valence-corrected chi connectivity index (χ2v) is 3.09. The molecule has 3 heteroatoms. The molecule has 1 aromatic heterocycles. The van der Waals surface area contributed by atoms with Crippen LogP contribution in [0.5, 0.6) is 0 Å². The van der Waals surface area contributed by atoms with Crippen molar-refractivity contribution >= 4 is 11.0 Å². The third kappa shape index (κ3) is 1.11. The molecule has 0 spiro atoms. The molecule has 0 aliphatic carbocycles. The third-order valence-corrected chi connectivity index (χ3v) is 2.26. The van der Waals surface area contributed by atoms with Crippen LogP contribution >= 0.6 is 0 Å². The van der Waals surface area contributed by atoms with Crippen LogP contribution in [-0.4, -0.2) is 9.55 Å². The van der Waals surface area contributed by atoms with Gasteiger partial charge in [-0.1, -0.05) is 6.07 Å². The number of nitrogens with zero attached hydrogens (tertiary/aromatic N) is 2. The smallest absolute Gasteiger partial charge is 0.153 e. The van der Waals surface area contributed by atoms with Gasteiger partial charge in [-0.15, -0.1) is 0 Å². The molecule has 0 bridgehead atoms. The van der Waals surface area contributed by atoms with Crippen molar-refractivity contribution in [2.75, 3.05) is 0 Å². The van der Waals surface area contributed by atoms with Crippen LogP contribution in [-0.2, 0) is 6.54 Å². The third-order valence-electron chi connectivity index (χ3n) is 2.26. The number of benzene rings is 1. The Morgan fingerprint density at radius 3 is 2.92 bits per heavy atom. The Kier molecular flexibility index (Phi) is 1.79. The van der Waals surface area contributed by atoms with Crippen LogP contribution in [0.15, 0.2) is 18.5 Å². The standard InChI is InChI=1S/C10H11FN2/c1-3-13-6-12-10-8(13)5-4-7(2)9(10)11/h4-6H,3H2,1-2H3. The summed E-state index contributed by atoms with van der Waals surface area (Å²) in [5.74, 6) is -0.204. The van der Waals surface area contributed by atoms with Gasteiger partial charge in [0.2, 0.25) is 0 Å². The Morgan fingerprint density at radius 1 is 1.46 bits per heavy atom. The summed E-state index contributed by atoms with van der Waals surface area (Å²) in [4.78, 5) is 4.04. The lowest BCUT2D eigenvalue weighted by molar-refractivity contribution is 0.628. The molecule has 0 N–H and O–H groups in total. The van der Waals surface area contributed by atoms with E-state index in [9.17, 15) is 4.39 Å². The molecule has 2 aromatic rings. The van der Waals surface area contributed by atoms with Crippen molar-refractivity contribution in [3.63, 3.8) is 0 Å². The zero-order chi connectivity index (χ0) is 9.42. The number of fused-ring (bicyclic) bond motifs is 1. The summed E-state index contributed by atoms with van der Waals surface area (Å²) in [5, 5.41) is 0. The van der Waals surface area contributed by atoms with E-state index in [1.165, 1.54) is 0 Å². The second kappa shape index (κ2) is 2.83. The van der Waals surface area contributed by atoms with Gasteiger partial charge < -0.3 is 4.57 Å². The predicted octanol–water partition coefficient (Wildman–Crippen LogP) is 2.50. The molecule has 1 heterocycles. The van der Waals surface area contributed by atoms with E-state index >= 15 is 0 Å². The van der Waals surface area contributed by atoms with E-state index in [2.05, 4.69) is 4.98 Å². The number of aromatic nitrogens is 2. The molecule has 0 aliphatic heterocycles. The van der Waals surface area contributed by atoms with Gasteiger partial charge in [-0.2, -0.15) is 0 Å². The monoisotopic (exact) mass is 178 g/mol. The first-order valence-corrected chi connectivity index (χ1v) is 4.34. The van der Waals surface area contributed by atoms with Crippen LogP contribution in [0.1, 0.15) is 12.5 Å². The zero-order valence-corrected chi connectivity index (χ0v) is 7.71. The number of hydrogen-bond donors (Lipinski definition) is 0. The van der Waals surface area contributed by atoms with Gasteiger partial charge in [-0.3, -0.25) is 0 Å². The molecular formula is C10H11FN2. The minimum absolute atomic E-state index is 0.204. The topological polar surface area (TPSA) is 17.8 Å². The van der Waals surface area contributed by atoms with Gasteiger partial charge in [0.05, 0.1) is 11.8 Å². The molecule has 0 unspecified atom stereocenters. The maximum atomic E-state index is 13.5. The minimum atomic E-state index is -0.204. The van der Waals surface area contributed by atoms with Crippen LogP contribution in [0, 0.1) is 12.7 Å². The molecule has 0 fully saturated rings. The fourth-order valence-corrected chi connectivity index (χ4v) is 1.45. The van der Waals surface area contributed by atoms with Crippen molar-refractivity contribution in [2.24, 2.45) is 0 Å². The van der Waals surface area contributed by atoms with E-state index in [0.29, 0.717) is 11.1 Å². The van der Waals surface area contributed by atoms with Crippen LogP contribution in [0.4, 0.5) is 4.39 Å². The van der Waals surface area contributed by atoms with Gasteiger partial charge in [0.1, 0.15) is 5.52 Å². The molecule has 0 saturated heterocycles. The largest absolute Gasteiger partial charge is 0.331 e. The molecular weight excluding hydrogens is 167 g/mol. The van der Waals surface area contributed by atoms with Crippen molar-refractivity contribution in [1.29, 1.82) is 0 Å². The van der Waals surface area contributed by atoms with E-state index in [1.807, 2.05) is 17.6 Å². The average Bonchev–Trinajstić information content (AvgIpc) is 2.55. The van der Waals surface area contributed by atoms with Gasteiger partial charge in [0, 0.05) is 6.54 Å². The van der Waals surface area contributed by atoms with Gasteiger partial charge >= 0.3 is 0 Å². The van der Waals surface area contributed by atoms with Crippen molar-refractivity contribution in [3.8, 4) is 0 Å². The van der Waals surface area contributed by atoms with E-state index in [4.69, 9.17) is 0 Å². The number of rotatable bonds is 1. The maximum Gasteiger partial charge on any atom is 0.153 e. The van der Waals surface area contributed by atoms with E-state index < -0.39 is 0 Å². The van der Waals surface area contributed by atoms with Crippen LogP contribution < -0.4 is 0 Å². The van der Waals surface area contributed by atoms with Crippen molar-refractivity contribution in [1.82, 2.24) is 9.55 Å². The van der Waals surface area contributed by atoms with E-state index in [0.717, 1.165) is 12.1 Å². The number of halogens is 1. The summed E-state index contributed by atoms with van der Waals surface area (Å²) in [6.07, 6.45) is 1.67. The van der Waals surface area contributed by atoms with E-state index in [-0.39, 0.29) is 5.82 Å². The lowest BCUT2D eigenvalue weighted by atomic mass is 10.2. The fraction of sp³-hybridized carbons (Fsp3) is 0.300. The number of aryl methyl sites for hydroxylation is 2. The van der Waals surface area contributed by atoms with Crippen molar-refractivity contribution < 1.29 is 4.39 Å². The highest BCUT2D eigenvalue weighted by Crippen LogP contribution is 2.18. The molecule has 0 radical (unpaired) electrons. The molecule has 0 saturated carbocycles. The summed E-state index contributed by atoms with van der Waals surface area (Å²) < 4.78 is 15.4. The van der Waals surface area contributed by atoms with Crippen LogP contribution in [0.2, 0.25) is 0 Å². The molecule has 13 heavy (non-hydrogen) atoms. The first kappa shape index (κ1) is 8.23. The first-order valence-electron chi connectivity index (χ1n) is 4.34. The highest BCUT2D eigenvalue weighted by Gasteiger charge is 2.07. The first-order chi connectivity index (χ1) is 6.24. The van der Waals surface area contributed by atoms with Crippen molar-refractivity contribution in [3.05, 3.63) is 29.8 Å². The summed E-state index contributed by atoms with van der Waals surface area (Å²) in [5.41, 5.74) is 1.99. The molecule has 2 rings (SSSR count). The predicted molar refractivity (Wildman–Crippen MR) is 50.1 cm³/mol. The summed E-state index contributed by atoms with van der Waals surface area (Å²) in [6.45, 7) is 4.58. The average molecular weight is 178 g/mol. The fourth-order valence-electron chi connectivity index (χ4n) is 1.45. The van der Waals surface area contributed by atoms with Gasteiger partial charge in [0.25, 0.3) is 0 Å². The Balaban J connectivity index is 2.81. The summed E-state index contributed by atoms with van der Waals surface area (Å²) in [7, 11) is 0. The second-order valence-electron chi connectivity index (χ2n) is 3.09. The normalized spacial score (nSPS) is 11.0. The Hall–Kier alpha value is -1.38. The van der Waals surface area contributed by atoms with Crippen molar-refractivity contribution in [2.45, 2.75) is 20.4 Å². The quantitative estimate of drug-likeness (QED) is 0.656.